The van der Waals surface area contributed by atoms with E-state index >= 15 is 0 Å². The summed E-state index contributed by atoms with van der Waals surface area (Å²) in [5.41, 5.74) is 1.86. The SMILES string of the molecule is COc1cc(-c2cc3cc(C=O)cc(OC)c3o2)cc(OC)c1O[Si](C)(C)C(C)(C)C. The molecule has 0 atom stereocenters. The Kier molecular flexibility index (Phi) is 6.09. The van der Waals surface area contributed by atoms with Gasteiger partial charge in [-0.1, -0.05) is 20.8 Å². The molecule has 166 valence electrons. The molecule has 0 unspecified atom stereocenters. The van der Waals surface area contributed by atoms with E-state index in [1.54, 1.807) is 33.5 Å². The van der Waals surface area contributed by atoms with Crippen molar-refractivity contribution < 1.29 is 27.8 Å². The summed E-state index contributed by atoms with van der Waals surface area (Å²) in [6, 6.07) is 9.03. The number of carbonyl (C=O) groups excluding carboxylic acids is 1. The number of furan rings is 1. The molecule has 0 saturated heterocycles. The first-order valence-electron chi connectivity index (χ1n) is 10.1. The number of hydrogen-bond donors (Lipinski definition) is 0. The van der Waals surface area contributed by atoms with E-state index in [-0.39, 0.29) is 5.04 Å². The standard InChI is InChI=1S/C24H30O6Si/c1-24(2,3)31(7,8)30-23-20(27-5)11-16(12-21(23)28-6)18-13-17-9-15(14-25)10-19(26-4)22(17)29-18/h9-14H,1-8H3. The van der Waals surface area contributed by atoms with Crippen molar-refractivity contribution in [1.82, 2.24) is 0 Å². The van der Waals surface area contributed by atoms with Crippen molar-refractivity contribution in [2.45, 2.75) is 38.9 Å². The van der Waals surface area contributed by atoms with Gasteiger partial charge in [-0.05, 0) is 48.5 Å². The summed E-state index contributed by atoms with van der Waals surface area (Å²) in [7, 11) is 2.64. The fourth-order valence-corrected chi connectivity index (χ4v) is 4.05. The van der Waals surface area contributed by atoms with E-state index < -0.39 is 8.32 Å². The van der Waals surface area contributed by atoms with Gasteiger partial charge < -0.3 is 23.1 Å². The molecule has 7 heteroatoms. The molecule has 0 aliphatic carbocycles. The Bertz CT molecular complexity index is 1080. The van der Waals surface area contributed by atoms with Crippen molar-refractivity contribution >= 4 is 25.6 Å². The van der Waals surface area contributed by atoms with Gasteiger partial charge in [-0.2, -0.15) is 0 Å². The predicted molar refractivity (Wildman–Crippen MR) is 125 cm³/mol. The monoisotopic (exact) mass is 442 g/mol. The Morgan fingerprint density at radius 2 is 1.45 bits per heavy atom. The molecule has 0 saturated carbocycles. The van der Waals surface area contributed by atoms with Gasteiger partial charge in [0.25, 0.3) is 8.32 Å². The van der Waals surface area contributed by atoms with Gasteiger partial charge in [-0.15, -0.1) is 0 Å². The largest absolute Gasteiger partial charge is 0.539 e. The van der Waals surface area contributed by atoms with E-state index in [1.807, 2.05) is 18.2 Å². The summed E-state index contributed by atoms with van der Waals surface area (Å²) in [6.45, 7) is 10.9. The molecule has 0 N–H and O–H groups in total. The highest BCUT2D eigenvalue weighted by Gasteiger charge is 2.40. The van der Waals surface area contributed by atoms with Crippen LogP contribution >= 0.6 is 0 Å². The number of hydrogen-bond acceptors (Lipinski definition) is 6. The van der Waals surface area contributed by atoms with Crippen LogP contribution in [0.5, 0.6) is 23.0 Å². The third kappa shape index (κ3) is 4.28. The Balaban J connectivity index is 2.14. The lowest BCUT2D eigenvalue weighted by atomic mass is 10.1. The van der Waals surface area contributed by atoms with Crippen LogP contribution in [0.3, 0.4) is 0 Å². The molecule has 1 aromatic heterocycles. The Morgan fingerprint density at radius 3 is 1.94 bits per heavy atom. The van der Waals surface area contributed by atoms with Crippen molar-refractivity contribution in [3.63, 3.8) is 0 Å². The highest BCUT2D eigenvalue weighted by atomic mass is 28.4. The first-order valence-corrected chi connectivity index (χ1v) is 13.0. The highest BCUT2D eigenvalue weighted by molar-refractivity contribution is 6.74. The average Bonchev–Trinajstić information content (AvgIpc) is 3.16. The Morgan fingerprint density at radius 1 is 0.871 bits per heavy atom. The zero-order valence-corrected chi connectivity index (χ0v) is 20.4. The maximum atomic E-state index is 11.3. The smallest absolute Gasteiger partial charge is 0.250 e. The van der Waals surface area contributed by atoms with Crippen molar-refractivity contribution in [3.8, 4) is 34.3 Å². The summed E-state index contributed by atoms with van der Waals surface area (Å²) < 4.78 is 29.3. The zero-order valence-electron chi connectivity index (χ0n) is 19.4. The molecular formula is C24H30O6Si. The summed E-state index contributed by atoms with van der Waals surface area (Å²) >= 11 is 0. The number of fused-ring (bicyclic) bond motifs is 1. The number of carbonyl (C=O) groups is 1. The number of benzene rings is 2. The fourth-order valence-electron chi connectivity index (χ4n) is 3.04. The van der Waals surface area contributed by atoms with Crippen LogP contribution in [0.4, 0.5) is 0 Å². The van der Waals surface area contributed by atoms with Gasteiger partial charge in [-0.3, -0.25) is 4.79 Å². The van der Waals surface area contributed by atoms with Gasteiger partial charge in [-0.25, -0.2) is 0 Å². The quantitative estimate of drug-likeness (QED) is 0.315. The Hall–Kier alpha value is -2.93. The molecule has 0 fully saturated rings. The lowest BCUT2D eigenvalue weighted by Gasteiger charge is -2.37. The van der Waals surface area contributed by atoms with Crippen LogP contribution in [0, 0.1) is 0 Å². The molecule has 2 aromatic carbocycles. The molecule has 31 heavy (non-hydrogen) atoms. The van der Waals surface area contributed by atoms with E-state index in [0.717, 1.165) is 17.2 Å². The molecule has 0 radical (unpaired) electrons. The molecule has 1 heterocycles. The maximum Gasteiger partial charge on any atom is 0.250 e. The second kappa shape index (κ2) is 8.30. The van der Waals surface area contributed by atoms with Crippen LogP contribution < -0.4 is 18.6 Å². The van der Waals surface area contributed by atoms with E-state index in [0.29, 0.717) is 39.9 Å². The third-order valence-electron chi connectivity index (χ3n) is 5.87. The summed E-state index contributed by atoms with van der Waals surface area (Å²) in [6.07, 6.45) is 0.785. The van der Waals surface area contributed by atoms with Crippen molar-refractivity contribution in [3.05, 3.63) is 35.9 Å². The minimum atomic E-state index is -2.12. The molecule has 3 aromatic rings. The van der Waals surface area contributed by atoms with E-state index in [4.69, 9.17) is 23.1 Å². The topological polar surface area (TPSA) is 67.1 Å². The predicted octanol–water partition coefficient (Wildman–Crippen LogP) is 6.32. The van der Waals surface area contributed by atoms with Gasteiger partial charge in [0.1, 0.15) is 12.0 Å². The number of aldehydes is 1. The minimum Gasteiger partial charge on any atom is -0.539 e. The zero-order chi connectivity index (χ0) is 23.0. The third-order valence-corrected chi connectivity index (χ3v) is 10.2. The van der Waals surface area contributed by atoms with Gasteiger partial charge in [0, 0.05) is 16.5 Å². The first-order chi connectivity index (χ1) is 14.5. The van der Waals surface area contributed by atoms with Crippen LogP contribution in [0.2, 0.25) is 18.1 Å². The molecular weight excluding hydrogens is 412 g/mol. The second-order valence-corrected chi connectivity index (χ2v) is 13.7. The average molecular weight is 443 g/mol. The van der Waals surface area contributed by atoms with Gasteiger partial charge in [0.15, 0.2) is 28.6 Å². The number of rotatable bonds is 7. The van der Waals surface area contributed by atoms with Crippen LogP contribution in [0.25, 0.3) is 22.3 Å². The first kappa shape index (κ1) is 22.7. The van der Waals surface area contributed by atoms with Crippen LogP contribution in [-0.2, 0) is 0 Å². The van der Waals surface area contributed by atoms with E-state index in [1.165, 1.54) is 0 Å². The van der Waals surface area contributed by atoms with Crippen molar-refractivity contribution in [2.75, 3.05) is 21.3 Å². The molecule has 6 nitrogen and oxygen atoms in total. The normalized spacial score (nSPS) is 12.0. The summed E-state index contributed by atoms with van der Waals surface area (Å²) in [4.78, 5) is 11.3. The molecule has 0 spiro atoms. The number of ether oxygens (including phenoxy) is 3. The van der Waals surface area contributed by atoms with Crippen molar-refractivity contribution in [2.24, 2.45) is 0 Å². The number of methoxy groups -OCH3 is 3. The summed E-state index contributed by atoms with van der Waals surface area (Å²) in [5, 5.41) is 0.795. The van der Waals surface area contributed by atoms with Gasteiger partial charge in [0.2, 0.25) is 0 Å². The lowest BCUT2D eigenvalue weighted by Crippen LogP contribution is -2.44. The van der Waals surface area contributed by atoms with Crippen LogP contribution in [-0.4, -0.2) is 35.9 Å². The second-order valence-electron chi connectivity index (χ2n) is 8.94. The minimum absolute atomic E-state index is 0.0211. The Labute approximate surface area is 184 Å². The maximum absolute atomic E-state index is 11.3. The van der Waals surface area contributed by atoms with Crippen LogP contribution in [0.1, 0.15) is 31.1 Å². The molecule has 0 aliphatic rings. The molecule has 0 aliphatic heterocycles. The molecule has 0 amide bonds. The van der Waals surface area contributed by atoms with E-state index in [9.17, 15) is 4.79 Å². The fraction of sp³-hybridized carbons (Fsp3) is 0.375. The lowest BCUT2D eigenvalue weighted by molar-refractivity contribution is 0.112. The van der Waals surface area contributed by atoms with E-state index in [2.05, 4.69) is 33.9 Å². The van der Waals surface area contributed by atoms with Gasteiger partial charge >= 0.3 is 0 Å². The van der Waals surface area contributed by atoms with Crippen molar-refractivity contribution in [1.29, 1.82) is 0 Å². The summed E-state index contributed by atoms with van der Waals surface area (Å²) in [5.74, 6) is 2.84. The highest BCUT2D eigenvalue weighted by Crippen LogP contribution is 2.47. The molecule has 3 rings (SSSR count). The van der Waals surface area contributed by atoms with Crippen LogP contribution in [0.15, 0.2) is 34.7 Å². The molecule has 0 bridgehead atoms. The van der Waals surface area contributed by atoms with Gasteiger partial charge in [0.05, 0.1) is 21.3 Å².